The highest BCUT2D eigenvalue weighted by Crippen LogP contribution is 2.29. The summed E-state index contributed by atoms with van der Waals surface area (Å²) in [5.41, 5.74) is 0.682. The molecule has 1 aliphatic rings. The summed E-state index contributed by atoms with van der Waals surface area (Å²) < 4.78 is 15.8. The molecule has 1 atom stereocenters. The number of carbonyl (C=O) groups excluding carboxylic acids is 3. The molecule has 2 rings (SSSR count). The molecule has 0 fully saturated rings. The van der Waals surface area contributed by atoms with Gasteiger partial charge in [-0.15, -0.1) is 0 Å². The lowest BCUT2D eigenvalue weighted by molar-refractivity contribution is -0.151. The van der Waals surface area contributed by atoms with Crippen LogP contribution in [0.25, 0.3) is 6.08 Å². The van der Waals surface area contributed by atoms with Crippen LogP contribution in [0.5, 0.6) is 11.5 Å². The zero-order chi connectivity index (χ0) is 19.1. The molecule has 0 spiro atoms. The topological polar surface area (TPSA) is 78.9 Å². The molecule has 138 valence electrons. The van der Waals surface area contributed by atoms with Crippen molar-refractivity contribution >= 4 is 23.6 Å². The van der Waals surface area contributed by atoms with Crippen molar-refractivity contribution in [3.63, 3.8) is 0 Å². The number of hydrogen-bond donors (Lipinski definition) is 0. The predicted octanol–water partition coefficient (Wildman–Crippen LogP) is 3.10. The third-order valence-corrected chi connectivity index (χ3v) is 3.80. The number of benzene rings is 1. The summed E-state index contributed by atoms with van der Waals surface area (Å²) in [6, 6.07) is 5.24. The molecule has 0 N–H and O–H groups in total. The Bertz CT molecular complexity index is 760. The molecule has 0 aliphatic carbocycles. The smallest absolute Gasteiger partial charge is 0.329 e. The van der Waals surface area contributed by atoms with Gasteiger partial charge >= 0.3 is 5.97 Å². The normalized spacial score (nSPS) is 17.0. The summed E-state index contributed by atoms with van der Waals surface area (Å²) >= 11 is 0. The highest BCUT2D eigenvalue weighted by Gasteiger charge is 2.36. The maximum absolute atomic E-state index is 12.2. The molecular weight excluding hydrogens is 336 g/mol. The summed E-state index contributed by atoms with van der Waals surface area (Å²) in [6.45, 7) is 4.16. The van der Waals surface area contributed by atoms with E-state index in [4.69, 9.17) is 14.2 Å². The maximum atomic E-state index is 12.2. The zero-order valence-corrected chi connectivity index (χ0v) is 15.1. The second kappa shape index (κ2) is 8.99. The molecule has 0 saturated carbocycles. The van der Waals surface area contributed by atoms with Gasteiger partial charge in [-0.1, -0.05) is 25.5 Å². The van der Waals surface area contributed by atoms with E-state index in [0.717, 1.165) is 18.9 Å². The van der Waals surface area contributed by atoms with Crippen molar-refractivity contribution in [1.29, 1.82) is 0 Å². The van der Waals surface area contributed by atoms with E-state index in [0.29, 0.717) is 23.7 Å². The molecule has 0 amide bonds. The molecule has 1 heterocycles. The molecule has 1 aromatic rings. The van der Waals surface area contributed by atoms with Crippen molar-refractivity contribution in [2.45, 2.75) is 26.7 Å². The number of unbranched alkanes of at least 4 members (excludes halogenated alkanes) is 1. The summed E-state index contributed by atoms with van der Waals surface area (Å²) in [4.78, 5) is 35.8. The molecule has 6 heteroatoms. The lowest BCUT2D eigenvalue weighted by Crippen LogP contribution is -2.34. The highest BCUT2D eigenvalue weighted by molar-refractivity contribution is 6.25. The number of ketones is 2. The van der Waals surface area contributed by atoms with Crippen molar-refractivity contribution in [3.8, 4) is 11.5 Å². The Kier molecular flexibility index (Phi) is 6.72. The number of carbonyl (C=O) groups is 3. The van der Waals surface area contributed by atoms with Gasteiger partial charge in [0.05, 0.1) is 13.7 Å². The molecule has 0 saturated heterocycles. The molecule has 6 nitrogen and oxygen atoms in total. The van der Waals surface area contributed by atoms with Crippen molar-refractivity contribution in [2.24, 2.45) is 5.92 Å². The Labute approximate surface area is 152 Å². The van der Waals surface area contributed by atoms with Gasteiger partial charge in [0.15, 0.2) is 29.0 Å². The molecule has 0 bridgehead atoms. The Morgan fingerprint density at radius 3 is 2.69 bits per heavy atom. The van der Waals surface area contributed by atoms with Gasteiger partial charge in [-0.25, -0.2) is 0 Å². The van der Waals surface area contributed by atoms with Gasteiger partial charge in [-0.05, 0) is 37.1 Å². The van der Waals surface area contributed by atoms with Gasteiger partial charge in [0.1, 0.15) is 5.76 Å². The number of cyclic esters (lactones) is 1. The van der Waals surface area contributed by atoms with Crippen molar-refractivity contribution in [2.75, 3.05) is 13.7 Å². The van der Waals surface area contributed by atoms with E-state index in [1.807, 2.05) is 0 Å². The number of ether oxygens (including phenoxy) is 3. The van der Waals surface area contributed by atoms with E-state index in [-0.39, 0.29) is 5.76 Å². The van der Waals surface area contributed by atoms with E-state index >= 15 is 0 Å². The lowest BCUT2D eigenvalue weighted by atomic mass is 9.96. The summed E-state index contributed by atoms with van der Waals surface area (Å²) in [6.07, 6.45) is 5.85. The minimum Gasteiger partial charge on any atom is -0.493 e. The third kappa shape index (κ3) is 4.81. The predicted molar refractivity (Wildman–Crippen MR) is 95.8 cm³/mol. The van der Waals surface area contributed by atoms with Crippen LogP contribution in [0.3, 0.4) is 0 Å². The van der Waals surface area contributed by atoms with Gasteiger partial charge in [0.2, 0.25) is 0 Å². The first-order valence-corrected chi connectivity index (χ1v) is 8.42. The van der Waals surface area contributed by atoms with Gasteiger partial charge in [0, 0.05) is 6.08 Å². The quantitative estimate of drug-likeness (QED) is 0.307. The van der Waals surface area contributed by atoms with Crippen LogP contribution in [-0.4, -0.2) is 31.3 Å². The van der Waals surface area contributed by atoms with Gasteiger partial charge in [-0.3, -0.25) is 14.4 Å². The van der Waals surface area contributed by atoms with Crippen molar-refractivity contribution < 1.29 is 28.6 Å². The fourth-order valence-corrected chi connectivity index (χ4v) is 2.41. The van der Waals surface area contributed by atoms with Crippen LogP contribution in [-0.2, 0) is 19.1 Å². The minimum absolute atomic E-state index is 0.191. The van der Waals surface area contributed by atoms with E-state index < -0.39 is 23.5 Å². The number of rotatable bonds is 8. The fraction of sp³-hybridized carbons (Fsp3) is 0.350. The van der Waals surface area contributed by atoms with E-state index in [9.17, 15) is 14.4 Å². The van der Waals surface area contributed by atoms with Crippen LogP contribution < -0.4 is 9.47 Å². The first kappa shape index (κ1) is 19.4. The molecule has 1 aromatic carbocycles. The van der Waals surface area contributed by atoms with E-state index in [1.165, 1.54) is 26.2 Å². The largest absolute Gasteiger partial charge is 0.493 e. The van der Waals surface area contributed by atoms with Crippen LogP contribution in [0.2, 0.25) is 0 Å². The van der Waals surface area contributed by atoms with Crippen molar-refractivity contribution in [3.05, 3.63) is 41.7 Å². The van der Waals surface area contributed by atoms with Gasteiger partial charge < -0.3 is 14.2 Å². The maximum Gasteiger partial charge on any atom is 0.329 e. The molecule has 1 unspecified atom stereocenters. The second-order valence-corrected chi connectivity index (χ2v) is 5.86. The van der Waals surface area contributed by atoms with E-state index in [1.54, 1.807) is 18.2 Å². The Morgan fingerprint density at radius 1 is 1.27 bits per heavy atom. The standard InChI is InChI=1S/C20H22O6/c1-4-5-10-25-17-9-7-14(12-18(17)24-3)6-8-15(21)19-16(22)11-13(2)26-20(19)23/h6-9,11-12,19H,4-5,10H2,1-3H3/b8-6+. The van der Waals surface area contributed by atoms with Crippen LogP contribution in [0.1, 0.15) is 32.3 Å². The molecule has 26 heavy (non-hydrogen) atoms. The Balaban J connectivity index is 2.11. The number of allylic oxidation sites excluding steroid dienone is 3. The first-order valence-electron chi connectivity index (χ1n) is 8.42. The van der Waals surface area contributed by atoms with Gasteiger partial charge in [0.25, 0.3) is 0 Å². The lowest BCUT2D eigenvalue weighted by Gasteiger charge is -2.15. The average molecular weight is 358 g/mol. The van der Waals surface area contributed by atoms with Crippen molar-refractivity contribution in [1.82, 2.24) is 0 Å². The SMILES string of the molecule is CCCCOc1ccc(/C=C/C(=O)C2C(=O)C=C(C)OC2=O)cc1OC. The average Bonchev–Trinajstić information content (AvgIpc) is 2.60. The summed E-state index contributed by atoms with van der Waals surface area (Å²) in [5, 5.41) is 0. The summed E-state index contributed by atoms with van der Waals surface area (Å²) in [5.74, 6) is -2.11. The van der Waals surface area contributed by atoms with Gasteiger partial charge in [-0.2, -0.15) is 0 Å². The number of hydrogen-bond acceptors (Lipinski definition) is 6. The Hall–Kier alpha value is -2.89. The first-order chi connectivity index (χ1) is 12.5. The van der Waals surface area contributed by atoms with Crippen LogP contribution in [0.15, 0.2) is 36.1 Å². The number of esters is 1. The second-order valence-electron chi connectivity index (χ2n) is 5.86. The zero-order valence-electron chi connectivity index (χ0n) is 15.1. The third-order valence-electron chi connectivity index (χ3n) is 3.80. The monoisotopic (exact) mass is 358 g/mol. The van der Waals surface area contributed by atoms with Crippen LogP contribution in [0, 0.1) is 5.92 Å². The Morgan fingerprint density at radius 2 is 2.04 bits per heavy atom. The minimum atomic E-state index is -1.44. The number of methoxy groups -OCH3 is 1. The molecular formula is C20H22O6. The summed E-state index contributed by atoms with van der Waals surface area (Å²) in [7, 11) is 1.53. The highest BCUT2D eigenvalue weighted by atomic mass is 16.5. The molecule has 0 aromatic heterocycles. The van der Waals surface area contributed by atoms with E-state index in [2.05, 4.69) is 6.92 Å². The van der Waals surface area contributed by atoms with Crippen LogP contribution >= 0.6 is 0 Å². The molecule has 0 radical (unpaired) electrons. The molecule has 1 aliphatic heterocycles. The fourth-order valence-electron chi connectivity index (χ4n) is 2.41. The van der Waals surface area contributed by atoms with Crippen LogP contribution in [0.4, 0.5) is 0 Å².